The minimum Gasteiger partial charge on any atom is -0.288 e. The number of nitrogens with one attached hydrogen (secondary N) is 1. The number of unbranched alkanes of at least 4 members (excludes halogenated alkanes) is 2. The number of pyridine rings is 2. The number of nitrogens with zero attached hydrogens (tertiary/aromatic N) is 2. The third-order valence-electron chi connectivity index (χ3n) is 6.55. The molecule has 2 aromatic carbocycles. The van der Waals surface area contributed by atoms with Gasteiger partial charge < -0.3 is 0 Å². The molecular weight excluding hydrogens is 482 g/mol. The van der Waals surface area contributed by atoms with Gasteiger partial charge in [0.25, 0.3) is 5.91 Å². The van der Waals surface area contributed by atoms with E-state index in [1.165, 1.54) is 36.8 Å². The van der Waals surface area contributed by atoms with Crippen LogP contribution in [0.2, 0.25) is 0 Å². The maximum absolute atomic E-state index is 12.5. The quantitative estimate of drug-likeness (QED) is 0.177. The molecule has 0 aliphatic carbocycles. The highest BCUT2D eigenvalue weighted by molar-refractivity contribution is 6.08. The van der Waals surface area contributed by atoms with Crippen molar-refractivity contribution < 1.29 is 10.0 Å². The smallest absolute Gasteiger partial charge is 0.275 e. The van der Waals surface area contributed by atoms with Crippen molar-refractivity contribution in [3.8, 4) is 22.4 Å². The Balaban J connectivity index is 0.000000590. The van der Waals surface area contributed by atoms with Gasteiger partial charge in [0.1, 0.15) is 0 Å². The molecule has 39 heavy (non-hydrogen) atoms. The third kappa shape index (κ3) is 8.72. The molecule has 2 N–H and O–H groups in total. The highest BCUT2D eigenvalue weighted by Crippen LogP contribution is 2.32. The maximum Gasteiger partial charge on any atom is 0.275 e. The van der Waals surface area contributed by atoms with E-state index in [9.17, 15) is 10.0 Å². The molecule has 0 aliphatic heterocycles. The highest BCUT2D eigenvalue weighted by atomic mass is 16.5. The second kappa shape index (κ2) is 17.1. The number of aryl methyl sites for hydroxylation is 1. The topological polar surface area (TPSA) is 75.1 Å². The summed E-state index contributed by atoms with van der Waals surface area (Å²) in [6.07, 6.45) is 11.4. The molecule has 0 fully saturated rings. The van der Waals surface area contributed by atoms with Crippen LogP contribution < -0.4 is 5.48 Å². The highest BCUT2D eigenvalue weighted by Gasteiger charge is 2.20. The minimum absolute atomic E-state index is 0.411. The number of amides is 1. The number of aromatic nitrogens is 2. The van der Waals surface area contributed by atoms with E-state index in [1.54, 1.807) is 23.9 Å². The number of rotatable bonds is 8. The maximum atomic E-state index is 12.5. The van der Waals surface area contributed by atoms with Crippen LogP contribution in [-0.4, -0.2) is 21.1 Å². The number of fused-ring (bicyclic) bond motifs is 1. The standard InChI is InChI=1S/C26H25N3O2.2C4H10/c1-3-5-17-6-8-18(9-7-17)19-10-12-20(13-11-19)25-21(4-2)24(26(30)29-31)22-16-27-15-14-23(22)28-25;2*1-3-4-2/h6-16,31H,3-5H2,1-2H3,(H,29,30);2*3-4H2,1-2H3. The minimum atomic E-state index is -0.553. The van der Waals surface area contributed by atoms with E-state index in [1.807, 2.05) is 19.1 Å². The van der Waals surface area contributed by atoms with Gasteiger partial charge in [0.15, 0.2) is 0 Å². The molecule has 1 amide bonds. The van der Waals surface area contributed by atoms with Gasteiger partial charge in [0.2, 0.25) is 0 Å². The lowest BCUT2D eigenvalue weighted by Gasteiger charge is -2.15. The number of hydroxylamine groups is 1. The zero-order valence-electron chi connectivity index (χ0n) is 24.6. The Bertz CT molecular complexity index is 1270. The van der Waals surface area contributed by atoms with Crippen LogP contribution in [0.1, 0.15) is 95.1 Å². The number of carbonyl (C=O) groups is 1. The van der Waals surface area contributed by atoms with Crippen molar-refractivity contribution in [3.05, 3.63) is 83.7 Å². The average molecular weight is 528 g/mol. The molecule has 5 heteroatoms. The number of benzene rings is 2. The summed E-state index contributed by atoms with van der Waals surface area (Å²) >= 11 is 0. The van der Waals surface area contributed by atoms with E-state index in [4.69, 9.17) is 4.98 Å². The normalized spacial score (nSPS) is 10.2. The first-order valence-corrected chi connectivity index (χ1v) is 14.4. The molecule has 208 valence electrons. The molecule has 0 atom stereocenters. The van der Waals surface area contributed by atoms with Crippen molar-refractivity contribution in [2.24, 2.45) is 0 Å². The van der Waals surface area contributed by atoms with E-state index < -0.39 is 5.91 Å². The summed E-state index contributed by atoms with van der Waals surface area (Å²) in [7, 11) is 0. The summed E-state index contributed by atoms with van der Waals surface area (Å²) in [6.45, 7) is 12.9. The SMILES string of the molecule is CCCC.CCCC.CCCc1ccc(-c2ccc(-c3nc4ccncc4c(C(=O)NO)c3CC)cc2)cc1. The molecule has 0 aliphatic rings. The fourth-order valence-corrected chi connectivity index (χ4v) is 4.02. The van der Waals surface area contributed by atoms with Crippen molar-refractivity contribution in [2.45, 2.75) is 86.5 Å². The lowest BCUT2D eigenvalue weighted by Crippen LogP contribution is -2.21. The van der Waals surface area contributed by atoms with Crippen LogP contribution in [0.3, 0.4) is 0 Å². The first-order valence-electron chi connectivity index (χ1n) is 14.4. The van der Waals surface area contributed by atoms with Crippen LogP contribution in [0.4, 0.5) is 0 Å². The molecule has 2 aromatic heterocycles. The van der Waals surface area contributed by atoms with Crippen molar-refractivity contribution >= 4 is 16.8 Å². The molecule has 0 saturated carbocycles. The molecule has 0 saturated heterocycles. The fraction of sp³-hybridized carbons (Fsp3) is 0.382. The second-order valence-corrected chi connectivity index (χ2v) is 9.53. The summed E-state index contributed by atoms with van der Waals surface area (Å²) in [5.74, 6) is -0.553. The van der Waals surface area contributed by atoms with Gasteiger partial charge in [0.05, 0.1) is 16.8 Å². The summed E-state index contributed by atoms with van der Waals surface area (Å²) in [5.41, 5.74) is 8.94. The average Bonchev–Trinajstić information content (AvgIpc) is 3.00. The van der Waals surface area contributed by atoms with Crippen LogP contribution in [0.5, 0.6) is 0 Å². The Hall–Kier alpha value is -3.57. The van der Waals surface area contributed by atoms with E-state index in [-0.39, 0.29) is 0 Å². The molecule has 0 unspecified atom stereocenters. The lowest BCUT2D eigenvalue weighted by molar-refractivity contribution is 0.0707. The molecule has 0 bridgehead atoms. The Morgan fingerprint density at radius 1 is 0.744 bits per heavy atom. The van der Waals surface area contributed by atoms with Crippen molar-refractivity contribution in [2.75, 3.05) is 0 Å². The molecular formula is C34H45N3O2. The van der Waals surface area contributed by atoms with Crippen LogP contribution in [0.25, 0.3) is 33.3 Å². The molecule has 0 radical (unpaired) electrons. The molecule has 4 aromatic rings. The monoisotopic (exact) mass is 527 g/mol. The molecule has 4 rings (SSSR count). The first-order chi connectivity index (χ1) is 19.0. The van der Waals surface area contributed by atoms with Gasteiger partial charge in [-0.3, -0.25) is 15.0 Å². The lowest BCUT2D eigenvalue weighted by atomic mass is 9.94. The van der Waals surface area contributed by atoms with Gasteiger partial charge in [-0.1, -0.05) is 122 Å². The summed E-state index contributed by atoms with van der Waals surface area (Å²) in [4.78, 5) is 21.4. The van der Waals surface area contributed by atoms with Gasteiger partial charge in [-0.15, -0.1) is 0 Å². The molecule has 5 nitrogen and oxygen atoms in total. The third-order valence-corrected chi connectivity index (χ3v) is 6.55. The largest absolute Gasteiger partial charge is 0.288 e. The zero-order valence-corrected chi connectivity index (χ0v) is 24.6. The van der Waals surface area contributed by atoms with Crippen LogP contribution >= 0.6 is 0 Å². The van der Waals surface area contributed by atoms with Crippen LogP contribution in [0.15, 0.2) is 67.0 Å². The van der Waals surface area contributed by atoms with Gasteiger partial charge in [0, 0.05) is 23.3 Å². The summed E-state index contributed by atoms with van der Waals surface area (Å²) in [6, 6.07) is 18.7. The number of carbonyl (C=O) groups excluding carboxylic acids is 1. The Labute approximate surface area is 234 Å². The van der Waals surface area contributed by atoms with Gasteiger partial charge in [-0.25, -0.2) is 10.5 Å². The molecule has 0 spiro atoms. The van der Waals surface area contributed by atoms with Gasteiger partial charge >= 0.3 is 0 Å². The summed E-state index contributed by atoms with van der Waals surface area (Å²) < 4.78 is 0. The van der Waals surface area contributed by atoms with E-state index in [0.29, 0.717) is 22.9 Å². The van der Waals surface area contributed by atoms with Gasteiger partial charge in [-0.05, 0) is 41.2 Å². The zero-order chi connectivity index (χ0) is 28.6. The van der Waals surface area contributed by atoms with Crippen molar-refractivity contribution in [1.29, 1.82) is 0 Å². The number of hydrogen-bond acceptors (Lipinski definition) is 4. The predicted octanol–water partition coefficient (Wildman–Crippen LogP) is 9.21. The van der Waals surface area contributed by atoms with Crippen molar-refractivity contribution in [1.82, 2.24) is 15.4 Å². The first kappa shape index (κ1) is 31.6. The van der Waals surface area contributed by atoms with Gasteiger partial charge in [-0.2, -0.15) is 0 Å². The van der Waals surface area contributed by atoms with Crippen molar-refractivity contribution in [3.63, 3.8) is 0 Å². The van der Waals surface area contributed by atoms with E-state index >= 15 is 0 Å². The van der Waals surface area contributed by atoms with E-state index in [2.05, 4.69) is 76.0 Å². The molecule has 2 heterocycles. The predicted molar refractivity (Wildman–Crippen MR) is 164 cm³/mol. The fourth-order valence-electron chi connectivity index (χ4n) is 4.02. The number of hydrogen-bond donors (Lipinski definition) is 2. The van der Waals surface area contributed by atoms with E-state index in [0.717, 1.165) is 35.2 Å². The Morgan fingerprint density at radius 3 is 1.77 bits per heavy atom. The van der Waals surface area contributed by atoms with Crippen LogP contribution in [0, 0.1) is 0 Å². The van der Waals surface area contributed by atoms with Crippen LogP contribution in [-0.2, 0) is 12.8 Å². The Kier molecular flexibility index (Phi) is 13.9. The Morgan fingerprint density at radius 2 is 1.28 bits per heavy atom. The summed E-state index contributed by atoms with van der Waals surface area (Å²) in [5, 5.41) is 9.93. The second-order valence-electron chi connectivity index (χ2n) is 9.53.